The topological polar surface area (TPSA) is 160 Å². The van der Waals surface area contributed by atoms with Gasteiger partial charge in [0, 0.05) is 0 Å². The van der Waals surface area contributed by atoms with Crippen LogP contribution in [0.3, 0.4) is 0 Å². The minimum Gasteiger partial charge on any atom is -0.394 e. The van der Waals surface area contributed by atoms with Crippen molar-refractivity contribution in [3.05, 3.63) is 16.7 Å². The van der Waals surface area contributed by atoms with Crippen LogP contribution in [0.25, 0.3) is 11.2 Å². The number of aromatic nitrogens is 4. The van der Waals surface area contributed by atoms with E-state index in [1.54, 1.807) is 0 Å². The van der Waals surface area contributed by atoms with Crippen LogP contribution in [0.1, 0.15) is 6.04 Å². The first-order chi connectivity index (χ1) is 10.0. The number of anilines is 1. The molecule has 3 rings (SSSR count). The summed E-state index contributed by atoms with van der Waals surface area (Å²) in [5.41, 5.74) is 5.29. The lowest BCUT2D eigenvalue weighted by Gasteiger charge is -2.37. The second kappa shape index (κ2) is 5.07. The van der Waals surface area contributed by atoms with Gasteiger partial charge in [-0.3, -0.25) is 9.78 Å². The molecule has 1 aliphatic heterocycles. The number of fused-ring (bicyclic) bond motifs is 1. The smallest absolute Gasteiger partial charge is 0.280 e. The number of nitrogen functional groups attached to an aromatic ring is 1. The van der Waals surface area contributed by atoms with Gasteiger partial charge in [0.1, 0.15) is 18.3 Å². The number of hydrogen-bond donors (Lipinski definition) is 5. The molecule has 10 heteroatoms. The van der Waals surface area contributed by atoms with Gasteiger partial charge in [-0.2, -0.15) is 4.98 Å². The predicted molar refractivity (Wildman–Crippen MR) is 70.4 cm³/mol. The van der Waals surface area contributed by atoms with Crippen molar-refractivity contribution in [1.29, 1.82) is 0 Å². The zero-order chi connectivity index (χ0) is 15.1. The maximum Gasteiger partial charge on any atom is 0.280 e. The summed E-state index contributed by atoms with van der Waals surface area (Å²) in [6.45, 7) is -0.371. The number of ether oxygens (including phenoxy) is 1. The van der Waals surface area contributed by atoms with Crippen molar-refractivity contribution in [3.8, 4) is 0 Å². The van der Waals surface area contributed by atoms with Gasteiger partial charge in [-0.05, 0) is 0 Å². The maximum absolute atomic E-state index is 11.7. The second-order valence-corrected chi connectivity index (χ2v) is 4.88. The van der Waals surface area contributed by atoms with E-state index in [0.717, 1.165) is 0 Å². The largest absolute Gasteiger partial charge is 0.394 e. The fourth-order valence-corrected chi connectivity index (χ4v) is 2.46. The van der Waals surface area contributed by atoms with Crippen LogP contribution in [0.15, 0.2) is 11.1 Å². The molecule has 0 aliphatic carbocycles. The Labute approximate surface area is 117 Å². The first-order valence-electron chi connectivity index (χ1n) is 6.34. The molecule has 2 aromatic rings. The standard InChI is InChI=1S/C11H15N5O5/c12-11-14-9-6(10(20)15-11)13-3-16(9)4-2-21-5(1-17)8(19)7(4)18/h3-5,7-8,17-19H,1-2H2,(H3,12,14,15,20)/t4-,5-,7+,8-/m1/s1. The van der Waals surface area contributed by atoms with Gasteiger partial charge in [-0.1, -0.05) is 0 Å². The van der Waals surface area contributed by atoms with Gasteiger partial charge in [0.2, 0.25) is 5.95 Å². The summed E-state index contributed by atoms with van der Waals surface area (Å²) in [7, 11) is 0. The van der Waals surface area contributed by atoms with E-state index in [2.05, 4.69) is 15.0 Å². The van der Waals surface area contributed by atoms with Crippen molar-refractivity contribution in [1.82, 2.24) is 19.5 Å². The van der Waals surface area contributed by atoms with E-state index < -0.39 is 36.5 Å². The fraction of sp³-hybridized carbons (Fsp3) is 0.545. The van der Waals surface area contributed by atoms with Crippen molar-refractivity contribution >= 4 is 17.1 Å². The Morgan fingerprint density at radius 2 is 2.24 bits per heavy atom. The Kier molecular flexibility index (Phi) is 3.37. The number of aromatic amines is 1. The Bertz CT molecular complexity index is 713. The van der Waals surface area contributed by atoms with E-state index in [0.29, 0.717) is 0 Å². The maximum atomic E-state index is 11.7. The number of rotatable bonds is 2. The molecule has 0 amide bonds. The Hall–Kier alpha value is -2.01. The van der Waals surface area contributed by atoms with Crippen LogP contribution in [0, 0.1) is 0 Å². The van der Waals surface area contributed by atoms with E-state index in [1.807, 2.05) is 0 Å². The van der Waals surface area contributed by atoms with E-state index >= 15 is 0 Å². The van der Waals surface area contributed by atoms with E-state index in [-0.39, 0.29) is 23.7 Å². The first-order valence-corrected chi connectivity index (χ1v) is 6.34. The van der Waals surface area contributed by atoms with Gasteiger partial charge in [-0.25, -0.2) is 4.98 Å². The lowest BCUT2D eigenvalue weighted by atomic mass is 9.98. The molecule has 0 bridgehead atoms. The normalized spacial score (nSPS) is 29.9. The van der Waals surface area contributed by atoms with Gasteiger partial charge in [-0.15, -0.1) is 0 Å². The summed E-state index contributed by atoms with van der Waals surface area (Å²) in [5.74, 6) is -0.0748. The van der Waals surface area contributed by atoms with E-state index in [9.17, 15) is 15.0 Å². The van der Waals surface area contributed by atoms with E-state index in [4.69, 9.17) is 15.6 Å². The van der Waals surface area contributed by atoms with Crippen LogP contribution in [0.2, 0.25) is 0 Å². The Balaban J connectivity index is 2.03. The molecule has 114 valence electrons. The van der Waals surface area contributed by atoms with Crippen LogP contribution in [-0.4, -0.2) is 66.4 Å². The average Bonchev–Trinajstić information content (AvgIpc) is 2.86. The molecular weight excluding hydrogens is 282 g/mol. The minimum absolute atomic E-state index is 0.0310. The fourth-order valence-electron chi connectivity index (χ4n) is 2.46. The van der Waals surface area contributed by atoms with Crippen molar-refractivity contribution < 1.29 is 20.1 Å². The van der Waals surface area contributed by atoms with Crippen LogP contribution in [-0.2, 0) is 4.74 Å². The van der Waals surface area contributed by atoms with Gasteiger partial charge in [0.25, 0.3) is 5.56 Å². The monoisotopic (exact) mass is 297 g/mol. The zero-order valence-electron chi connectivity index (χ0n) is 10.9. The summed E-state index contributed by atoms with van der Waals surface area (Å²) in [6, 6.07) is -0.693. The van der Waals surface area contributed by atoms with Crippen LogP contribution >= 0.6 is 0 Å². The molecule has 10 nitrogen and oxygen atoms in total. The molecule has 1 saturated heterocycles. The lowest BCUT2D eigenvalue weighted by Crippen LogP contribution is -2.51. The second-order valence-electron chi connectivity index (χ2n) is 4.88. The molecule has 0 spiro atoms. The van der Waals surface area contributed by atoms with Crippen LogP contribution in [0.4, 0.5) is 5.95 Å². The van der Waals surface area contributed by atoms with Gasteiger partial charge in [0.15, 0.2) is 11.2 Å². The first kappa shape index (κ1) is 13.9. The average molecular weight is 297 g/mol. The minimum atomic E-state index is -1.26. The van der Waals surface area contributed by atoms with Crippen molar-refractivity contribution in [2.45, 2.75) is 24.4 Å². The molecule has 21 heavy (non-hydrogen) atoms. The summed E-state index contributed by atoms with van der Waals surface area (Å²) in [4.78, 5) is 22.0. The van der Waals surface area contributed by atoms with Gasteiger partial charge in [0.05, 0.1) is 25.6 Å². The molecule has 2 aromatic heterocycles. The number of hydrogen-bond acceptors (Lipinski definition) is 8. The van der Waals surface area contributed by atoms with Crippen molar-refractivity contribution in [3.63, 3.8) is 0 Å². The number of aliphatic hydroxyl groups is 3. The number of H-pyrrole nitrogens is 1. The lowest BCUT2D eigenvalue weighted by molar-refractivity contribution is -0.169. The molecule has 3 heterocycles. The highest BCUT2D eigenvalue weighted by Gasteiger charge is 2.39. The third-order valence-corrected chi connectivity index (χ3v) is 3.59. The molecule has 0 saturated carbocycles. The van der Waals surface area contributed by atoms with Gasteiger partial charge < -0.3 is 30.4 Å². The summed E-state index contributed by atoms with van der Waals surface area (Å²) < 4.78 is 6.73. The third kappa shape index (κ3) is 2.17. The summed E-state index contributed by atoms with van der Waals surface area (Å²) in [6.07, 6.45) is -1.98. The number of aliphatic hydroxyl groups excluding tert-OH is 3. The Morgan fingerprint density at radius 1 is 1.48 bits per heavy atom. The number of imidazole rings is 1. The highest BCUT2D eigenvalue weighted by atomic mass is 16.5. The summed E-state index contributed by atoms with van der Waals surface area (Å²) >= 11 is 0. The predicted octanol–water partition coefficient (Wildman–Crippen LogP) is -2.64. The summed E-state index contributed by atoms with van der Waals surface area (Å²) in [5, 5.41) is 29.1. The highest BCUT2D eigenvalue weighted by Crippen LogP contribution is 2.26. The molecule has 4 atom stereocenters. The SMILES string of the molecule is Nc1nc2c(ncn2[C@@H]2CO[C@H](CO)[C@@H](O)[C@H]2O)c(=O)[nH]1. The molecule has 0 radical (unpaired) electrons. The molecule has 0 aromatic carbocycles. The van der Waals surface area contributed by atoms with Crippen molar-refractivity contribution in [2.24, 2.45) is 0 Å². The number of nitrogens with one attached hydrogen (secondary N) is 1. The molecule has 0 unspecified atom stereocenters. The van der Waals surface area contributed by atoms with E-state index in [1.165, 1.54) is 10.9 Å². The molecule has 6 N–H and O–H groups in total. The molecule has 1 fully saturated rings. The van der Waals surface area contributed by atoms with Crippen LogP contribution in [0.5, 0.6) is 0 Å². The van der Waals surface area contributed by atoms with Crippen LogP contribution < -0.4 is 11.3 Å². The van der Waals surface area contributed by atoms with Crippen molar-refractivity contribution in [2.75, 3.05) is 18.9 Å². The molecular formula is C11H15N5O5. The number of nitrogens with zero attached hydrogens (tertiary/aromatic N) is 3. The third-order valence-electron chi connectivity index (χ3n) is 3.59. The zero-order valence-corrected chi connectivity index (χ0v) is 10.9. The number of nitrogens with two attached hydrogens (primary N) is 1. The Morgan fingerprint density at radius 3 is 2.95 bits per heavy atom. The molecule has 1 aliphatic rings. The highest BCUT2D eigenvalue weighted by molar-refractivity contribution is 5.70. The van der Waals surface area contributed by atoms with Gasteiger partial charge >= 0.3 is 0 Å². The quantitative estimate of drug-likeness (QED) is 0.402.